The third kappa shape index (κ3) is 5.25. The Labute approximate surface area is 179 Å². The SMILES string of the molecule is O=C(c1ccc(C(F)(F)F)nc1)N1CCOC2(CCN(CCc3ccccc3)CC2)C1. The molecule has 0 aliphatic carbocycles. The van der Waals surface area contributed by atoms with E-state index < -0.39 is 11.9 Å². The van der Waals surface area contributed by atoms with Crippen LogP contribution in [0, 0.1) is 0 Å². The van der Waals surface area contributed by atoms with Gasteiger partial charge in [-0.25, -0.2) is 0 Å². The molecule has 3 heterocycles. The van der Waals surface area contributed by atoms with Gasteiger partial charge < -0.3 is 14.5 Å². The zero-order valence-corrected chi connectivity index (χ0v) is 17.3. The Morgan fingerprint density at radius 3 is 2.45 bits per heavy atom. The van der Waals surface area contributed by atoms with Crippen molar-refractivity contribution in [2.24, 2.45) is 0 Å². The Morgan fingerprint density at radius 1 is 1.06 bits per heavy atom. The molecule has 31 heavy (non-hydrogen) atoms. The number of halogens is 3. The van der Waals surface area contributed by atoms with E-state index in [4.69, 9.17) is 4.74 Å². The first-order valence-corrected chi connectivity index (χ1v) is 10.6. The second kappa shape index (κ2) is 8.96. The standard InChI is InChI=1S/C23H26F3N3O2/c24-23(25,26)20-7-6-19(16-27-20)21(30)29-14-15-31-22(17-29)9-12-28(13-10-22)11-8-18-4-2-1-3-5-18/h1-7,16H,8-15,17H2. The topological polar surface area (TPSA) is 45.7 Å². The van der Waals surface area contributed by atoms with E-state index in [1.165, 1.54) is 11.6 Å². The summed E-state index contributed by atoms with van der Waals surface area (Å²) in [5.74, 6) is -0.296. The Kier molecular flexibility index (Phi) is 6.29. The largest absolute Gasteiger partial charge is 0.433 e. The molecule has 8 heteroatoms. The fraction of sp³-hybridized carbons (Fsp3) is 0.478. The quantitative estimate of drug-likeness (QED) is 0.739. The van der Waals surface area contributed by atoms with Gasteiger partial charge in [0.2, 0.25) is 0 Å². The first-order chi connectivity index (χ1) is 14.8. The molecule has 1 amide bonds. The van der Waals surface area contributed by atoms with Crippen LogP contribution in [0.25, 0.3) is 0 Å². The number of amides is 1. The van der Waals surface area contributed by atoms with Gasteiger partial charge in [-0.2, -0.15) is 13.2 Å². The van der Waals surface area contributed by atoms with Crippen LogP contribution in [0.5, 0.6) is 0 Å². The van der Waals surface area contributed by atoms with Crippen molar-refractivity contribution < 1.29 is 22.7 Å². The van der Waals surface area contributed by atoms with E-state index in [0.717, 1.165) is 51.2 Å². The number of hydrogen-bond donors (Lipinski definition) is 0. The molecule has 2 aromatic rings. The highest BCUT2D eigenvalue weighted by Gasteiger charge is 2.41. The van der Waals surface area contributed by atoms with Crippen molar-refractivity contribution in [2.45, 2.75) is 31.0 Å². The van der Waals surface area contributed by atoms with Gasteiger partial charge in [0.15, 0.2) is 0 Å². The fourth-order valence-electron chi connectivity index (χ4n) is 4.31. The molecule has 5 nitrogen and oxygen atoms in total. The van der Waals surface area contributed by atoms with E-state index in [0.29, 0.717) is 19.7 Å². The highest BCUT2D eigenvalue weighted by atomic mass is 19.4. The molecule has 1 aromatic heterocycles. The summed E-state index contributed by atoms with van der Waals surface area (Å²) in [5.41, 5.74) is 0.116. The van der Waals surface area contributed by atoms with Gasteiger partial charge in [0.25, 0.3) is 5.91 Å². The zero-order valence-electron chi connectivity index (χ0n) is 17.3. The highest BCUT2D eigenvalue weighted by molar-refractivity contribution is 5.94. The lowest BCUT2D eigenvalue weighted by Gasteiger charge is -2.47. The summed E-state index contributed by atoms with van der Waals surface area (Å²) in [4.78, 5) is 20.4. The van der Waals surface area contributed by atoms with E-state index in [1.807, 2.05) is 18.2 Å². The smallest absolute Gasteiger partial charge is 0.371 e. The van der Waals surface area contributed by atoms with E-state index in [-0.39, 0.29) is 17.1 Å². The Morgan fingerprint density at radius 2 is 1.81 bits per heavy atom. The molecule has 0 unspecified atom stereocenters. The third-order valence-electron chi connectivity index (χ3n) is 6.16. The molecular formula is C23H26F3N3O2. The molecule has 2 saturated heterocycles. The van der Waals surface area contributed by atoms with Gasteiger partial charge in [0, 0.05) is 32.4 Å². The first kappa shape index (κ1) is 21.8. The number of piperidine rings is 1. The van der Waals surface area contributed by atoms with Crippen molar-refractivity contribution in [2.75, 3.05) is 39.3 Å². The molecule has 166 valence electrons. The second-order valence-electron chi connectivity index (χ2n) is 8.27. The molecule has 2 aliphatic rings. The number of hydrogen-bond acceptors (Lipinski definition) is 4. The summed E-state index contributed by atoms with van der Waals surface area (Å²) < 4.78 is 44.3. The third-order valence-corrected chi connectivity index (χ3v) is 6.16. The number of ether oxygens (including phenoxy) is 1. The maximum absolute atomic E-state index is 12.8. The molecule has 1 aromatic carbocycles. The van der Waals surface area contributed by atoms with Crippen molar-refractivity contribution in [1.82, 2.24) is 14.8 Å². The van der Waals surface area contributed by atoms with Gasteiger partial charge in [-0.3, -0.25) is 9.78 Å². The molecule has 2 aliphatic heterocycles. The van der Waals surface area contributed by atoms with Gasteiger partial charge >= 0.3 is 6.18 Å². The molecular weight excluding hydrogens is 407 g/mol. The minimum absolute atomic E-state index is 0.172. The lowest BCUT2D eigenvalue weighted by molar-refractivity contribution is -0.141. The number of carbonyl (C=O) groups excluding carboxylic acids is 1. The number of nitrogens with zero attached hydrogens (tertiary/aromatic N) is 3. The molecule has 0 atom stereocenters. The van der Waals surface area contributed by atoms with Crippen LogP contribution < -0.4 is 0 Å². The molecule has 0 bridgehead atoms. The predicted molar refractivity (Wildman–Crippen MR) is 110 cm³/mol. The summed E-state index contributed by atoms with van der Waals surface area (Å²) in [6, 6.07) is 12.4. The molecule has 0 radical (unpaired) electrons. The minimum Gasteiger partial charge on any atom is -0.371 e. The zero-order chi connectivity index (χ0) is 21.9. The number of benzene rings is 1. The normalized spacial score (nSPS) is 19.5. The Hall–Kier alpha value is -2.45. The van der Waals surface area contributed by atoms with Crippen LogP contribution >= 0.6 is 0 Å². The number of aromatic nitrogens is 1. The van der Waals surface area contributed by atoms with Crippen molar-refractivity contribution in [1.29, 1.82) is 0 Å². The molecule has 1 spiro atoms. The van der Waals surface area contributed by atoms with Crippen LogP contribution in [0.3, 0.4) is 0 Å². The van der Waals surface area contributed by atoms with E-state index >= 15 is 0 Å². The van der Waals surface area contributed by atoms with Crippen LogP contribution in [0.1, 0.15) is 34.5 Å². The van der Waals surface area contributed by atoms with Gasteiger partial charge in [-0.05, 0) is 37.0 Å². The maximum Gasteiger partial charge on any atom is 0.433 e. The fourth-order valence-corrected chi connectivity index (χ4v) is 4.31. The lowest BCUT2D eigenvalue weighted by atomic mass is 9.89. The number of alkyl halides is 3. The minimum atomic E-state index is -4.51. The molecule has 0 saturated carbocycles. The maximum atomic E-state index is 12.8. The number of pyridine rings is 1. The van der Waals surface area contributed by atoms with Crippen LogP contribution in [-0.4, -0.2) is 65.6 Å². The van der Waals surface area contributed by atoms with Gasteiger partial charge in [-0.1, -0.05) is 30.3 Å². The second-order valence-corrected chi connectivity index (χ2v) is 8.27. The van der Waals surface area contributed by atoms with Crippen LogP contribution in [0.4, 0.5) is 13.2 Å². The first-order valence-electron chi connectivity index (χ1n) is 10.6. The predicted octanol–water partition coefficient (Wildman–Crippen LogP) is 3.65. The monoisotopic (exact) mass is 433 g/mol. The average Bonchev–Trinajstić information content (AvgIpc) is 2.79. The van der Waals surface area contributed by atoms with E-state index in [1.54, 1.807) is 4.90 Å². The van der Waals surface area contributed by atoms with E-state index in [2.05, 4.69) is 22.0 Å². The summed E-state index contributed by atoms with van der Waals surface area (Å²) in [6.45, 7) is 4.11. The van der Waals surface area contributed by atoms with Crippen LogP contribution in [-0.2, 0) is 17.3 Å². The number of morpholine rings is 1. The van der Waals surface area contributed by atoms with Gasteiger partial charge in [0.1, 0.15) is 5.69 Å². The Balaban J connectivity index is 1.32. The highest BCUT2D eigenvalue weighted by Crippen LogP contribution is 2.31. The summed E-state index contributed by atoms with van der Waals surface area (Å²) in [6.07, 6.45) is -0.841. The summed E-state index contributed by atoms with van der Waals surface area (Å²) in [7, 11) is 0. The van der Waals surface area contributed by atoms with Crippen molar-refractivity contribution in [3.8, 4) is 0 Å². The summed E-state index contributed by atoms with van der Waals surface area (Å²) in [5, 5.41) is 0. The van der Waals surface area contributed by atoms with Gasteiger partial charge in [-0.15, -0.1) is 0 Å². The number of rotatable bonds is 4. The lowest BCUT2D eigenvalue weighted by Crippen LogP contribution is -2.58. The van der Waals surface area contributed by atoms with Crippen molar-refractivity contribution in [3.05, 3.63) is 65.5 Å². The number of carbonyl (C=O) groups is 1. The van der Waals surface area contributed by atoms with Crippen molar-refractivity contribution in [3.63, 3.8) is 0 Å². The van der Waals surface area contributed by atoms with Crippen molar-refractivity contribution >= 4 is 5.91 Å². The van der Waals surface area contributed by atoms with E-state index in [9.17, 15) is 18.0 Å². The Bertz CT molecular complexity index is 879. The van der Waals surface area contributed by atoms with Crippen LogP contribution in [0.15, 0.2) is 48.7 Å². The molecule has 4 rings (SSSR count). The van der Waals surface area contributed by atoms with Crippen LogP contribution in [0.2, 0.25) is 0 Å². The molecule has 0 N–H and O–H groups in total. The average molecular weight is 433 g/mol. The molecule has 2 fully saturated rings. The number of likely N-dealkylation sites (tertiary alicyclic amines) is 1. The van der Waals surface area contributed by atoms with Gasteiger partial charge in [0.05, 0.1) is 24.3 Å². The summed E-state index contributed by atoms with van der Waals surface area (Å²) >= 11 is 0.